The lowest BCUT2D eigenvalue weighted by atomic mass is 10.0. The van der Waals surface area contributed by atoms with Gasteiger partial charge in [-0.25, -0.2) is 4.79 Å². The summed E-state index contributed by atoms with van der Waals surface area (Å²) in [6, 6.07) is 3.83. The number of hydrogen-bond acceptors (Lipinski definition) is 3. The average molecular weight is 265 g/mol. The Morgan fingerprint density at radius 3 is 2.47 bits per heavy atom. The predicted octanol–water partition coefficient (Wildman–Crippen LogP) is 1.93. The van der Waals surface area contributed by atoms with Gasteiger partial charge in [0, 0.05) is 0 Å². The molecular weight excluding hydrogens is 246 g/mol. The minimum absolute atomic E-state index is 0.0926. The van der Waals surface area contributed by atoms with Crippen LogP contribution in [0.15, 0.2) is 18.2 Å². The lowest BCUT2D eigenvalue weighted by molar-refractivity contribution is -0.139. The van der Waals surface area contributed by atoms with Crippen LogP contribution >= 0.6 is 0 Å². The normalized spacial score (nSPS) is 12.2. The first kappa shape index (κ1) is 15.0. The SMILES string of the molecule is Cc1cccc(C(=O)N[C@H](CC(C)C)C(=O)O)c1O. The Kier molecular flexibility index (Phi) is 4.92. The van der Waals surface area contributed by atoms with Gasteiger partial charge in [0.25, 0.3) is 5.91 Å². The van der Waals surface area contributed by atoms with E-state index in [0.717, 1.165) is 0 Å². The first-order valence-corrected chi connectivity index (χ1v) is 6.15. The molecule has 0 aliphatic rings. The summed E-state index contributed by atoms with van der Waals surface area (Å²) in [4.78, 5) is 23.1. The zero-order valence-electron chi connectivity index (χ0n) is 11.3. The van der Waals surface area contributed by atoms with Crippen molar-refractivity contribution in [2.24, 2.45) is 5.92 Å². The van der Waals surface area contributed by atoms with Gasteiger partial charge in [0.05, 0.1) is 5.56 Å². The molecule has 0 aliphatic heterocycles. The number of hydrogen-bond donors (Lipinski definition) is 3. The highest BCUT2D eigenvalue weighted by atomic mass is 16.4. The predicted molar refractivity (Wildman–Crippen MR) is 71.2 cm³/mol. The van der Waals surface area contributed by atoms with E-state index in [9.17, 15) is 14.7 Å². The Bertz CT molecular complexity index is 482. The fourth-order valence-electron chi connectivity index (χ4n) is 1.77. The molecule has 0 aromatic heterocycles. The van der Waals surface area contributed by atoms with E-state index in [1.54, 1.807) is 19.1 Å². The van der Waals surface area contributed by atoms with E-state index in [4.69, 9.17) is 5.11 Å². The number of carboxylic acids is 1. The molecule has 0 unspecified atom stereocenters. The van der Waals surface area contributed by atoms with Crippen molar-refractivity contribution >= 4 is 11.9 Å². The number of benzene rings is 1. The highest BCUT2D eigenvalue weighted by molar-refractivity contribution is 5.99. The van der Waals surface area contributed by atoms with Crippen molar-refractivity contribution in [3.8, 4) is 5.75 Å². The van der Waals surface area contributed by atoms with Crippen molar-refractivity contribution in [2.75, 3.05) is 0 Å². The molecule has 104 valence electrons. The summed E-state index contributed by atoms with van der Waals surface area (Å²) >= 11 is 0. The lowest BCUT2D eigenvalue weighted by Gasteiger charge is -2.17. The standard InChI is InChI=1S/C14H19NO4/c1-8(2)7-11(14(18)19)15-13(17)10-6-4-5-9(3)12(10)16/h4-6,8,11,16H,7H2,1-3H3,(H,15,17)(H,18,19)/t11-/m1/s1. The molecule has 1 amide bonds. The van der Waals surface area contributed by atoms with Gasteiger partial charge < -0.3 is 15.5 Å². The summed E-state index contributed by atoms with van der Waals surface area (Å²) < 4.78 is 0. The molecule has 0 spiro atoms. The van der Waals surface area contributed by atoms with Crippen molar-refractivity contribution in [1.82, 2.24) is 5.32 Å². The summed E-state index contributed by atoms with van der Waals surface area (Å²) in [5.41, 5.74) is 0.665. The van der Waals surface area contributed by atoms with E-state index in [1.807, 2.05) is 13.8 Å². The Morgan fingerprint density at radius 2 is 1.95 bits per heavy atom. The molecule has 1 aromatic rings. The quantitative estimate of drug-likeness (QED) is 0.759. The van der Waals surface area contributed by atoms with Gasteiger partial charge in [-0.3, -0.25) is 4.79 Å². The number of carboxylic acid groups (broad SMARTS) is 1. The van der Waals surface area contributed by atoms with Crippen molar-refractivity contribution in [3.05, 3.63) is 29.3 Å². The number of aromatic hydroxyl groups is 1. The first-order chi connectivity index (χ1) is 8.82. The van der Waals surface area contributed by atoms with Crippen LogP contribution < -0.4 is 5.32 Å². The zero-order chi connectivity index (χ0) is 14.6. The summed E-state index contributed by atoms with van der Waals surface area (Å²) in [6.45, 7) is 5.44. The third-order valence-electron chi connectivity index (χ3n) is 2.79. The molecule has 0 saturated heterocycles. The molecule has 5 nitrogen and oxygen atoms in total. The maximum absolute atomic E-state index is 12.0. The summed E-state index contributed by atoms with van der Waals surface area (Å²) in [5, 5.41) is 21.3. The van der Waals surface area contributed by atoms with Crippen LogP contribution in [0.25, 0.3) is 0 Å². The fourth-order valence-corrected chi connectivity index (χ4v) is 1.77. The second kappa shape index (κ2) is 6.22. The van der Waals surface area contributed by atoms with E-state index in [0.29, 0.717) is 12.0 Å². The highest BCUT2D eigenvalue weighted by Gasteiger charge is 2.23. The van der Waals surface area contributed by atoms with Crippen LogP contribution in [-0.4, -0.2) is 28.1 Å². The summed E-state index contributed by atoms with van der Waals surface area (Å²) in [7, 11) is 0. The minimum Gasteiger partial charge on any atom is -0.507 e. The molecule has 5 heteroatoms. The van der Waals surface area contributed by atoms with Crippen molar-refractivity contribution in [3.63, 3.8) is 0 Å². The van der Waals surface area contributed by atoms with Crippen LogP contribution in [0.4, 0.5) is 0 Å². The second-order valence-electron chi connectivity index (χ2n) is 4.96. The molecular formula is C14H19NO4. The van der Waals surface area contributed by atoms with Crippen LogP contribution in [-0.2, 0) is 4.79 Å². The number of aryl methyl sites for hydroxylation is 1. The number of nitrogens with one attached hydrogen (secondary N) is 1. The van der Waals surface area contributed by atoms with Gasteiger partial charge in [0.2, 0.25) is 0 Å². The van der Waals surface area contributed by atoms with E-state index in [2.05, 4.69) is 5.32 Å². The van der Waals surface area contributed by atoms with Gasteiger partial charge in [-0.2, -0.15) is 0 Å². The number of carbonyl (C=O) groups excluding carboxylic acids is 1. The Hall–Kier alpha value is -2.04. The molecule has 0 saturated carbocycles. The molecule has 0 fully saturated rings. The maximum Gasteiger partial charge on any atom is 0.326 e. The largest absolute Gasteiger partial charge is 0.507 e. The fraction of sp³-hybridized carbons (Fsp3) is 0.429. The van der Waals surface area contributed by atoms with Crippen LogP contribution in [0.3, 0.4) is 0 Å². The van der Waals surface area contributed by atoms with E-state index in [1.165, 1.54) is 6.07 Å². The van der Waals surface area contributed by atoms with Crippen LogP contribution in [0.2, 0.25) is 0 Å². The van der Waals surface area contributed by atoms with Crippen LogP contribution in [0.5, 0.6) is 5.75 Å². The third kappa shape index (κ3) is 3.98. The number of carbonyl (C=O) groups is 2. The van der Waals surface area contributed by atoms with Crippen LogP contribution in [0.1, 0.15) is 36.2 Å². The number of para-hydroxylation sites is 1. The molecule has 0 bridgehead atoms. The molecule has 3 N–H and O–H groups in total. The number of phenolic OH excluding ortho intramolecular Hbond substituents is 1. The molecule has 0 aliphatic carbocycles. The molecule has 1 aromatic carbocycles. The van der Waals surface area contributed by atoms with E-state index < -0.39 is 17.9 Å². The topological polar surface area (TPSA) is 86.6 Å². The van der Waals surface area contributed by atoms with Crippen LogP contribution in [0, 0.1) is 12.8 Å². The van der Waals surface area contributed by atoms with Gasteiger partial charge in [-0.1, -0.05) is 26.0 Å². The highest BCUT2D eigenvalue weighted by Crippen LogP contribution is 2.21. The molecule has 0 heterocycles. The number of rotatable bonds is 5. The van der Waals surface area contributed by atoms with E-state index in [-0.39, 0.29) is 17.2 Å². The van der Waals surface area contributed by atoms with Gasteiger partial charge >= 0.3 is 5.97 Å². The Labute approximate surface area is 112 Å². The summed E-state index contributed by atoms with van der Waals surface area (Å²) in [6.07, 6.45) is 0.341. The van der Waals surface area contributed by atoms with Gasteiger partial charge in [0.1, 0.15) is 11.8 Å². The smallest absolute Gasteiger partial charge is 0.326 e. The average Bonchev–Trinajstić information content (AvgIpc) is 2.31. The zero-order valence-corrected chi connectivity index (χ0v) is 11.3. The van der Waals surface area contributed by atoms with Gasteiger partial charge in [0.15, 0.2) is 0 Å². The number of phenols is 1. The van der Waals surface area contributed by atoms with Gasteiger partial charge in [-0.15, -0.1) is 0 Å². The van der Waals surface area contributed by atoms with E-state index >= 15 is 0 Å². The molecule has 1 rings (SSSR count). The lowest BCUT2D eigenvalue weighted by Crippen LogP contribution is -2.41. The Morgan fingerprint density at radius 1 is 1.32 bits per heavy atom. The summed E-state index contributed by atoms with van der Waals surface area (Å²) in [5.74, 6) is -1.62. The third-order valence-corrected chi connectivity index (χ3v) is 2.79. The van der Waals surface area contributed by atoms with Crippen molar-refractivity contribution < 1.29 is 19.8 Å². The second-order valence-corrected chi connectivity index (χ2v) is 4.96. The van der Waals surface area contributed by atoms with Gasteiger partial charge in [-0.05, 0) is 30.9 Å². The van der Waals surface area contributed by atoms with Crippen molar-refractivity contribution in [1.29, 1.82) is 0 Å². The number of amides is 1. The van der Waals surface area contributed by atoms with Crippen molar-refractivity contribution in [2.45, 2.75) is 33.2 Å². The minimum atomic E-state index is -1.07. The molecule has 0 radical (unpaired) electrons. The molecule has 19 heavy (non-hydrogen) atoms. The molecule has 1 atom stereocenters. The Balaban J connectivity index is 2.88. The monoisotopic (exact) mass is 265 g/mol. The number of aliphatic carboxylic acids is 1. The maximum atomic E-state index is 12.0. The first-order valence-electron chi connectivity index (χ1n) is 6.15.